The quantitative estimate of drug-likeness (QED) is 0.649. The summed E-state index contributed by atoms with van der Waals surface area (Å²) in [6, 6.07) is 3.67. The largest absolute Gasteiger partial charge is 0.382 e. The molecule has 0 radical (unpaired) electrons. The fourth-order valence-corrected chi connectivity index (χ4v) is 2.39. The molecule has 0 aliphatic carbocycles. The molecule has 0 atom stereocenters. The maximum absolute atomic E-state index is 7.29. The fourth-order valence-electron chi connectivity index (χ4n) is 1.56. The highest BCUT2D eigenvalue weighted by molar-refractivity contribution is 7.09. The van der Waals surface area contributed by atoms with Crippen molar-refractivity contribution in [2.45, 2.75) is 13.5 Å². The number of pyridine rings is 1. The highest BCUT2D eigenvalue weighted by Crippen LogP contribution is 2.19. The number of rotatable bonds is 4. The summed E-state index contributed by atoms with van der Waals surface area (Å²) in [6.45, 7) is 2.81. The zero-order valence-corrected chi connectivity index (χ0v) is 11.2. The van der Waals surface area contributed by atoms with Crippen molar-refractivity contribution in [2.75, 3.05) is 11.9 Å². The van der Waals surface area contributed by atoms with Crippen LogP contribution in [-0.2, 0) is 6.54 Å². The normalized spacial score (nSPS) is 10.3. The van der Waals surface area contributed by atoms with E-state index in [1.165, 1.54) is 4.88 Å². The maximum Gasteiger partial charge on any atom is 0.141 e. The lowest BCUT2D eigenvalue weighted by atomic mass is 10.3. The van der Waals surface area contributed by atoms with E-state index >= 15 is 0 Å². The van der Waals surface area contributed by atoms with Crippen LogP contribution in [0.15, 0.2) is 23.8 Å². The lowest BCUT2D eigenvalue weighted by Crippen LogP contribution is -2.18. The molecule has 0 saturated carbocycles. The molecule has 0 amide bonds. The van der Waals surface area contributed by atoms with Crippen LogP contribution in [0.4, 0.5) is 5.69 Å². The Kier molecular flexibility index (Phi) is 3.57. The summed E-state index contributed by atoms with van der Waals surface area (Å²) in [4.78, 5) is 11.7. The van der Waals surface area contributed by atoms with Gasteiger partial charge in [-0.05, 0) is 19.1 Å². The standard InChI is InChI=1S/C12H15N5S/c1-8-11(18-7-16-8)6-17(2)9-3-4-10(12(13)14)15-5-9/h3-5,7H,6H2,1-2H3,(H3,13,14). The Morgan fingerprint density at radius 1 is 1.44 bits per heavy atom. The molecule has 6 heteroatoms. The smallest absolute Gasteiger partial charge is 0.141 e. The molecule has 0 bridgehead atoms. The van der Waals surface area contributed by atoms with E-state index in [0.717, 1.165) is 17.9 Å². The Labute approximate surface area is 110 Å². The van der Waals surface area contributed by atoms with E-state index in [0.29, 0.717) is 5.69 Å². The van der Waals surface area contributed by atoms with E-state index in [4.69, 9.17) is 11.1 Å². The molecule has 2 rings (SSSR count). The van der Waals surface area contributed by atoms with E-state index < -0.39 is 0 Å². The second kappa shape index (κ2) is 5.14. The van der Waals surface area contributed by atoms with Crippen molar-refractivity contribution in [3.8, 4) is 0 Å². The van der Waals surface area contributed by atoms with Crippen molar-refractivity contribution in [3.63, 3.8) is 0 Å². The van der Waals surface area contributed by atoms with Gasteiger partial charge in [0.25, 0.3) is 0 Å². The van der Waals surface area contributed by atoms with Crippen LogP contribution in [0.1, 0.15) is 16.3 Å². The molecule has 0 aromatic carbocycles. The summed E-state index contributed by atoms with van der Waals surface area (Å²) in [5.41, 5.74) is 9.79. The van der Waals surface area contributed by atoms with Gasteiger partial charge in [-0.2, -0.15) is 0 Å². The molecule has 2 heterocycles. The number of hydrogen-bond acceptors (Lipinski definition) is 5. The number of nitrogens with one attached hydrogen (secondary N) is 1. The van der Waals surface area contributed by atoms with E-state index in [1.807, 2.05) is 25.5 Å². The Hall–Kier alpha value is -1.95. The van der Waals surface area contributed by atoms with Gasteiger partial charge in [0.05, 0.1) is 29.6 Å². The van der Waals surface area contributed by atoms with Gasteiger partial charge >= 0.3 is 0 Å². The first kappa shape index (κ1) is 12.5. The Morgan fingerprint density at radius 3 is 2.72 bits per heavy atom. The summed E-state index contributed by atoms with van der Waals surface area (Å²) < 4.78 is 0. The second-order valence-corrected chi connectivity index (χ2v) is 4.97. The first-order valence-electron chi connectivity index (χ1n) is 5.48. The minimum absolute atomic E-state index is 0.0116. The molecule has 94 valence electrons. The van der Waals surface area contributed by atoms with Crippen molar-refractivity contribution < 1.29 is 0 Å². The summed E-state index contributed by atoms with van der Waals surface area (Å²) in [5, 5.41) is 7.29. The zero-order chi connectivity index (χ0) is 13.1. The van der Waals surface area contributed by atoms with Crippen LogP contribution in [-0.4, -0.2) is 22.9 Å². The fraction of sp³-hybridized carbons (Fsp3) is 0.250. The third-order valence-electron chi connectivity index (χ3n) is 2.69. The number of aromatic nitrogens is 2. The van der Waals surface area contributed by atoms with Crippen LogP contribution in [0.25, 0.3) is 0 Å². The number of hydrogen-bond donors (Lipinski definition) is 2. The minimum Gasteiger partial charge on any atom is -0.382 e. The topological polar surface area (TPSA) is 78.9 Å². The highest BCUT2D eigenvalue weighted by Gasteiger charge is 2.07. The van der Waals surface area contributed by atoms with Gasteiger partial charge in [0, 0.05) is 11.9 Å². The molecule has 5 nitrogen and oxygen atoms in total. The number of thiazole rings is 1. The zero-order valence-electron chi connectivity index (χ0n) is 10.3. The molecule has 0 fully saturated rings. The lowest BCUT2D eigenvalue weighted by molar-refractivity contribution is 0.920. The predicted octanol–water partition coefficient (Wildman–Crippen LogP) is 1.77. The molecule has 3 N–H and O–H groups in total. The minimum atomic E-state index is -0.0116. The molecular weight excluding hydrogens is 246 g/mol. The lowest BCUT2D eigenvalue weighted by Gasteiger charge is -2.18. The van der Waals surface area contributed by atoms with Crippen LogP contribution in [0.3, 0.4) is 0 Å². The van der Waals surface area contributed by atoms with E-state index in [-0.39, 0.29) is 5.84 Å². The van der Waals surface area contributed by atoms with Crippen LogP contribution in [0.5, 0.6) is 0 Å². The van der Waals surface area contributed by atoms with Crippen molar-refractivity contribution in [2.24, 2.45) is 5.73 Å². The van der Waals surface area contributed by atoms with Gasteiger partial charge in [-0.3, -0.25) is 10.4 Å². The van der Waals surface area contributed by atoms with E-state index in [2.05, 4.69) is 14.9 Å². The van der Waals surface area contributed by atoms with Crippen molar-refractivity contribution in [1.82, 2.24) is 9.97 Å². The molecule has 2 aromatic rings. The predicted molar refractivity (Wildman–Crippen MR) is 74.2 cm³/mol. The molecule has 0 aliphatic rings. The Bertz CT molecular complexity index is 546. The van der Waals surface area contributed by atoms with Gasteiger partial charge in [0.2, 0.25) is 0 Å². The van der Waals surface area contributed by atoms with E-state index in [1.54, 1.807) is 23.6 Å². The third-order valence-corrected chi connectivity index (χ3v) is 3.61. The molecule has 0 aliphatic heterocycles. The van der Waals surface area contributed by atoms with Gasteiger partial charge in [-0.15, -0.1) is 11.3 Å². The number of nitrogens with zero attached hydrogens (tertiary/aromatic N) is 3. The number of nitrogens with two attached hydrogens (primary N) is 1. The van der Waals surface area contributed by atoms with Gasteiger partial charge in [-0.1, -0.05) is 0 Å². The monoisotopic (exact) mass is 261 g/mol. The maximum atomic E-state index is 7.29. The van der Waals surface area contributed by atoms with Crippen molar-refractivity contribution in [1.29, 1.82) is 5.41 Å². The van der Waals surface area contributed by atoms with Crippen LogP contribution < -0.4 is 10.6 Å². The average Bonchev–Trinajstić information content (AvgIpc) is 2.75. The number of amidine groups is 1. The second-order valence-electron chi connectivity index (χ2n) is 4.03. The number of nitrogen functional groups attached to an aromatic ring is 1. The molecule has 2 aromatic heterocycles. The van der Waals surface area contributed by atoms with Crippen LogP contribution >= 0.6 is 11.3 Å². The summed E-state index contributed by atoms with van der Waals surface area (Å²) in [6.07, 6.45) is 1.73. The summed E-state index contributed by atoms with van der Waals surface area (Å²) in [5.74, 6) is -0.0116. The van der Waals surface area contributed by atoms with Gasteiger partial charge < -0.3 is 10.6 Å². The summed E-state index contributed by atoms with van der Waals surface area (Å²) >= 11 is 1.65. The van der Waals surface area contributed by atoms with Gasteiger partial charge in [0.1, 0.15) is 11.5 Å². The van der Waals surface area contributed by atoms with Crippen LogP contribution in [0.2, 0.25) is 0 Å². The molecule has 18 heavy (non-hydrogen) atoms. The molecule has 0 unspecified atom stereocenters. The third kappa shape index (κ3) is 2.65. The summed E-state index contributed by atoms with van der Waals surface area (Å²) in [7, 11) is 2.00. The number of aryl methyl sites for hydroxylation is 1. The Morgan fingerprint density at radius 2 is 2.22 bits per heavy atom. The molecular formula is C12H15N5S. The Balaban J connectivity index is 2.12. The van der Waals surface area contributed by atoms with E-state index in [9.17, 15) is 0 Å². The van der Waals surface area contributed by atoms with Crippen molar-refractivity contribution in [3.05, 3.63) is 40.1 Å². The molecule has 0 saturated heterocycles. The first-order valence-corrected chi connectivity index (χ1v) is 6.36. The van der Waals surface area contributed by atoms with Crippen LogP contribution in [0, 0.1) is 12.3 Å². The van der Waals surface area contributed by atoms with Gasteiger partial charge in [-0.25, -0.2) is 4.98 Å². The average molecular weight is 261 g/mol. The SMILES string of the molecule is Cc1ncsc1CN(C)c1ccc(C(=N)N)nc1. The molecule has 0 spiro atoms. The van der Waals surface area contributed by atoms with Crippen molar-refractivity contribution >= 4 is 22.9 Å². The highest BCUT2D eigenvalue weighted by atomic mass is 32.1. The first-order chi connectivity index (χ1) is 8.58. The van der Waals surface area contributed by atoms with Gasteiger partial charge in [0.15, 0.2) is 0 Å². The number of anilines is 1.